The third kappa shape index (κ3) is 7.05. The van der Waals surface area contributed by atoms with Gasteiger partial charge in [0.1, 0.15) is 0 Å². The van der Waals surface area contributed by atoms with Gasteiger partial charge in [-0.1, -0.05) is 0 Å². The number of esters is 3. The number of carbonyl (C=O) groups excluding carboxylic acids is 3. The molecule has 1 heterocycles. The molecule has 8 heteroatoms. The largest absolute Gasteiger partial charge is 0.467 e. The summed E-state index contributed by atoms with van der Waals surface area (Å²) in [7, 11) is 2.49. The number of hydrogen-bond acceptors (Lipinski definition) is 8. The molecule has 1 rings (SSSR count). The van der Waals surface area contributed by atoms with E-state index < -0.39 is 24.1 Å². The summed E-state index contributed by atoms with van der Waals surface area (Å²) in [5.74, 6) is -1.44. The highest BCUT2D eigenvalue weighted by molar-refractivity contribution is 5.82. The van der Waals surface area contributed by atoms with E-state index in [1.807, 2.05) is 0 Å². The van der Waals surface area contributed by atoms with Crippen LogP contribution in [-0.4, -0.2) is 61.2 Å². The molecular weight excluding hydrogens is 272 g/mol. The molecule has 0 aromatic rings. The Balaban J connectivity index is 0.000000361. The van der Waals surface area contributed by atoms with E-state index in [4.69, 9.17) is 10.2 Å². The standard InChI is InChI=1S/C6H8O4.C6H12O4/c1-9-6(8)4-2-3-5(7)10-4;1-10-6(9)5(8)3-2-4-7/h4H,2-3H2,1H3;5,7-8H,2-4H2,1H3/t4-;5-/m11/s1. The van der Waals surface area contributed by atoms with Crippen molar-refractivity contribution in [1.82, 2.24) is 0 Å². The Morgan fingerprint density at radius 3 is 2.45 bits per heavy atom. The van der Waals surface area contributed by atoms with Crippen LogP contribution in [0.4, 0.5) is 0 Å². The number of rotatable bonds is 5. The highest BCUT2D eigenvalue weighted by Crippen LogP contribution is 2.14. The molecule has 1 saturated heterocycles. The molecule has 1 aliphatic rings. The Kier molecular flexibility index (Phi) is 9.31. The molecular formula is C12H20O8. The first-order valence-electron chi connectivity index (χ1n) is 6.10. The minimum Gasteiger partial charge on any atom is -0.467 e. The number of hydrogen-bond donors (Lipinski definition) is 2. The van der Waals surface area contributed by atoms with Crippen LogP contribution in [0, 0.1) is 0 Å². The second kappa shape index (κ2) is 10.2. The molecule has 0 radical (unpaired) electrons. The van der Waals surface area contributed by atoms with E-state index in [2.05, 4.69) is 14.2 Å². The maximum absolute atomic E-state index is 10.7. The Bertz CT molecular complexity index is 327. The maximum Gasteiger partial charge on any atom is 0.347 e. The number of carbonyl (C=O) groups is 3. The van der Waals surface area contributed by atoms with E-state index in [1.54, 1.807) is 0 Å². The average molecular weight is 292 g/mol. The summed E-state index contributed by atoms with van der Waals surface area (Å²) < 4.78 is 13.2. The molecule has 0 bridgehead atoms. The van der Waals surface area contributed by atoms with Gasteiger partial charge in [-0.15, -0.1) is 0 Å². The highest BCUT2D eigenvalue weighted by Gasteiger charge is 2.30. The topological polar surface area (TPSA) is 119 Å². The molecule has 1 fully saturated rings. The second-order valence-electron chi connectivity index (χ2n) is 3.95. The van der Waals surface area contributed by atoms with Gasteiger partial charge >= 0.3 is 17.9 Å². The summed E-state index contributed by atoms with van der Waals surface area (Å²) in [5, 5.41) is 17.2. The van der Waals surface area contributed by atoms with Crippen LogP contribution in [-0.2, 0) is 28.6 Å². The van der Waals surface area contributed by atoms with Crippen molar-refractivity contribution >= 4 is 17.9 Å². The number of cyclic esters (lactones) is 1. The monoisotopic (exact) mass is 292 g/mol. The van der Waals surface area contributed by atoms with Crippen LogP contribution < -0.4 is 0 Å². The normalized spacial score (nSPS) is 18.4. The van der Waals surface area contributed by atoms with Crippen molar-refractivity contribution in [3.05, 3.63) is 0 Å². The van der Waals surface area contributed by atoms with Gasteiger partial charge in [-0.05, 0) is 12.8 Å². The first-order valence-corrected chi connectivity index (χ1v) is 6.10. The van der Waals surface area contributed by atoms with Crippen LogP contribution in [0.1, 0.15) is 25.7 Å². The molecule has 0 spiro atoms. The van der Waals surface area contributed by atoms with Gasteiger partial charge in [0, 0.05) is 19.4 Å². The lowest BCUT2D eigenvalue weighted by Crippen LogP contribution is -2.21. The summed E-state index contributed by atoms with van der Waals surface area (Å²) in [4.78, 5) is 31.6. The van der Waals surface area contributed by atoms with E-state index in [0.717, 1.165) is 0 Å². The lowest BCUT2D eigenvalue weighted by molar-refractivity contribution is -0.159. The lowest BCUT2D eigenvalue weighted by atomic mass is 10.2. The maximum atomic E-state index is 10.7. The zero-order valence-electron chi connectivity index (χ0n) is 11.5. The highest BCUT2D eigenvalue weighted by atomic mass is 16.6. The van der Waals surface area contributed by atoms with Gasteiger partial charge in [0.2, 0.25) is 0 Å². The predicted molar refractivity (Wildman–Crippen MR) is 65.5 cm³/mol. The number of aliphatic hydroxyl groups excluding tert-OH is 2. The third-order valence-corrected chi connectivity index (χ3v) is 2.46. The summed E-state index contributed by atoms with van der Waals surface area (Å²) in [6.07, 6.45) is -0.306. The van der Waals surface area contributed by atoms with Crippen LogP contribution >= 0.6 is 0 Å². The van der Waals surface area contributed by atoms with Crippen molar-refractivity contribution in [3.63, 3.8) is 0 Å². The first-order chi connectivity index (χ1) is 9.46. The molecule has 0 unspecified atom stereocenters. The SMILES string of the molecule is COC(=O)[C@H](O)CCCO.COC(=O)[C@H]1CCC(=O)O1. The van der Waals surface area contributed by atoms with Crippen LogP contribution in [0.15, 0.2) is 0 Å². The van der Waals surface area contributed by atoms with Gasteiger partial charge in [-0.25, -0.2) is 9.59 Å². The van der Waals surface area contributed by atoms with Gasteiger partial charge in [0.05, 0.1) is 14.2 Å². The van der Waals surface area contributed by atoms with E-state index in [9.17, 15) is 14.4 Å². The summed E-state index contributed by atoms with van der Waals surface area (Å²) in [6, 6.07) is 0. The first kappa shape index (κ1) is 18.3. The van der Waals surface area contributed by atoms with Crippen LogP contribution in [0.3, 0.4) is 0 Å². The van der Waals surface area contributed by atoms with Gasteiger partial charge in [-0.3, -0.25) is 4.79 Å². The number of methoxy groups -OCH3 is 2. The van der Waals surface area contributed by atoms with Gasteiger partial charge in [0.25, 0.3) is 0 Å². The molecule has 1 aliphatic heterocycles. The van der Waals surface area contributed by atoms with Crippen molar-refractivity contribution in [2.45, 2.75) is 37.9 Å². The van der Waals surface area contributed by atoms with Crippen LogP contribution in [0.5, 0.6) is 0 Å². The zero-order chi connectivity index (χ0) is 15.5. The summed E-state index contributed by atoms with van der Waals surface area (Å²) in [6.45, 7) is -0.0198. The van der Waals surface area contributed by atoms with E-state index in [0.29, 0.717) is 19.3 Å². The van der Waals surface area contributed by atoms with Gasteiger partial charge < -0.3 is 24.4 Å². The number of aliphatic hydroxyl groups is 2. The van der Waals surface area contributed by atoms with Crippen molar-refractivity contribution in [3.8, 4) is 0 Å². The molecule has 0 aromatic carbocycles. The molecule has 2 atom stereocenters. The summed E-state index contributed by atoms with van der Waals surface area (Å²) in [5.41, 5.74) is 0. The molecule has 0 aliphatic carbocycles. The Labute approximate surface area is 116 Å². The fourth-order valence-corrected chi connectivity index (χ4v) is 1.36. The van der Waals surface area contributed by atoms with Gasteiger partial charge in [-0.2, -0.15) is 0 Å². The van der Waals surface area contributed by atoms with E-state index >= 15 is 0 Å². The minimum absolute atomic E-state index is 0.0198. The fraction of sp³-hybridized carbons (Fsp3) is 0.750. The van der Waals surface area contributed by atoms with Crippen molar-refractivity contribution in [2.75, 3.05) is 20.8 Å². The van der Waals surface area contributed by atoms with Gasteiger partial charge in [0.15, 0.2) is 12.2 Å². The summed E-state index contributed by atoms with van der Waals surface area (Å²) >= 11 is 0. The van der Waals surface area contributed by atoms with Crippen LogP contribution in [0.25, 0.3) is 0 Å². The molecule has 0 saturated carbocycles. The third-order valence-electron chi connectivity index (χ3n) is 2.46. The second-order valence-corrected chi connectivity index (χ2v) is 3.95. The number of ether oxygens (including phenoxy) is 3. The van der Waals surface area contributed by atoms with E-state index in [-0.39, 0.29) is 19.0 Å². The Morgan fingerprint density at radius 2 is 2.05 bits per heavy atom. The van der Waals surface area contributed by atoms with Crippen LogP contribution in [0.2, 0.25) is 0 Å². The predicted octanol–water partition coefficient (Wildman–Crippen LogP) is -0.842. The molecule has 0 aromatic heterocycles. The minimum atomic E-state index is -1.09. The molecule has 20 heavy (non-hydrogen) atoms. The Morgan fingerprint density at radius 1 is 1.40 bits per heavy atom. The molecule has 116 valence electrons. The smallest absolute Gasteiger partial charge is 0.347 e. The van der Waals surface area contributed by atoms with Crippen molar-refractivity contribution in [2.24, 2.45) is 0 Å². The van der Waals surface area contributed by atoms with Crippen molar-refractivity contribution < 1.29 is 38.8 Å². The zero-order valence-corrected chi connectivity index (χ0v) is 11.5. The quantitative estimate of drug-likeness (QED) is 0.497. The lowest BCUT2D eigenvalue weighted by Gasteiger charge is -2.05. The average Bonchev–Trinajstić information content (AvgIpc) is 2.90. The van der Waals surface area contributed by atoms with Crippen molar-refractivity contribution in [1.29, 1.82) is 0 Å². The van der Waals surface area contributed by atoms with E-state index in [1.165, 1.54) is 14.2 Å². The fourth-order valence-electron chi connectivity index (χ4n) is 1.36. The molecule has 2 N–H and O–H groups in total. The molecule has 8 nitrogen and oxygen atoms in total. The Hall–Kier alpha value is -1.67. The molecule has 0 amide bonds.